The minimum atomic E-state index is -0.750. The summed E-state index contributed by atoms with van der Waals surface area (Å²) in [6.07, 6.45) is 0. The highest BCUT2D eigenvalue weighted by Gasteiger charge is 2.13. The maximum Gasteiger partial charge on any atom is 0.222 e. The van der Waals surface area contributed by atoms with Crippen LogP contribution >= 0.6 is 0 Å². The molecule has 7 nitrogen and oxygen atoms in total. The molecule has 0 atom stereocenters. The molecule has 0 bridgehead atoms. The van der Waals surface area contributed by atoms with Gasteiger partial charge in [0, 0.05) is 11.1 Å². The Morgan fingerprint density at radius 1 is 0.839 bits per heavy atom. The van der Waals surface area contributed by atoms with Crippen molar-refractivity contribution in [2.24, 2.45) is 0 Å². The maximum absolute atomic E-state index is 13.6. The fraction of sp³-hybridized carbons (Fsp3) is 0.0435. The van der Waals surface area contributed by atoms with Gasteiger partial charge in [0.05, 0.1) is 12.8 Å². The second kappa shape index (κ2) is 9.45. The Labute approximate surface area is 179 Å². The Kier molecular flexibility index (Phi) is 6.51. The van der Waals surface area contributed by atoms with Gasteiger partial charge >= 0.3 is 0 Å². The first kappa shape index (κ1) is 21.4. The largest absolute Gasteiger partial charge is 0.508 e. The van der Waals surface area contributed by atoms with Gasteiger partial charge in [0.2, 0.25) is 5.95 Å². The molecule has 1 aromatic heterocycles. The third-order valence-electron chi connectivity index (χ3n) is 4.35. The minimum absolute atomic E-state index is 0.00709. The first-order valence-electron chi connectivity index (χ1n) is 9.26. The molecule has 0 aliphatic heterocycles. The van der Waals surface area contributed by atoms with Crippen LogP contribution in [0.3, 0.4) is 0 Å². The van der Waals surface area contributed by atoms with Crippen molar-refractivity contribution < 1.29 is 14.2 Å². The standard InChI is InChI=1S/C13H13NO.C10H9FN4O/c1-15-13-11(8-5-9-12(13)14)10-6-3-2-4-7-10;11-7-8(14-10(13)15-9(7)12)5-2-1-3-6(16)4-5/h2-9H,14H2,1H3;1-4,16H,(H4,12,13,14,15). The van der Waals surface area contributed by atoms with Crippen LogP contribution in [0, 0.1) is 5.82 Å². The van der Waals surface area contributed by atoms with Crippen molar-refractivity contribution in [2.75, 3.05) is 24.3 Å². The average Bonchev–Trinajstić information content (AvgIpc) is 2.77. The first-order chi connectivity index (χ1) is 14.9. The molecule has 0 aliphatic carbocycles. The van der Waals surface area contributed by atoms with E-state index in [1.54, 1.807) is 19.2 Å². The van der Waals surface area contributed by atoms with Crippen LogP contribution in [0.25, 0.3) is 22.4 Å². The van der Waals surface area contributed by atoms with Crippen molar-refractivity contribution in [2.45, 2.75) is 0 Å². The van der Waals surface area contributed by atoms with Gasteiger partial charge in [-0.05, 0) is 23.8 Å². The van der Waals surface area contributed by atoms with Crippen LogP contribution in [-0.2, 0) is 0 Å². The number of nitrogens with zero attached hydrogens (tertiary/aromatic N) is 2. The molecule has 0 unspecified atom stereocenters. The SMILES string of the molecule is COc1c(N)cccc1-c1ccccc1.Nc1nc(N)c(F)c(-c2cccc(O)c2)n1. The summed E-state index contributed by atoms with van der Waals surface area (Å²) in [5, 5.41) is 9.28. The van der Waals surface area contributed by atoms with Crippen molar-refractivity contribution in [1.82, 2.24) is 9.97 Å². The summed E-state index contributed by atoms with van der Waals surface area (Å²) in [5.74, 6) is -0.431. The zero-order chi connectivity index (χ0) is 22.4. The van der Waals surface area contributed by atoms with Crippen molar-refractivity contribution >= 4 is 17.5 Å². The van der Waals surface area contributed by atoms with Crippen LogP contribution in [0.5, 0.6) is 11.5 Å². The molecule has 0 fully saturated rings. The third kappa shape index (κ3) is 4.99. The minimum Gasteiger partial charge on any atom is -0.508 e. The number of aromatic hydroxyl groups is 1. The van der Waals surface area contributed by atoms with Gasteiger partial charge in [-0.2, -0.15) is 4.98 Å². The molecule has 0 aliphatic rings. The lowest BCUT2D eigenvalue weighted by Gasteiger charge is -2.10. The molecule has 0 amide bonds. The zero-order valence-electron chi connectivity index (χ0n) is 16.8. The molecule has 0 saturated heterocycles. The number of nitrogens with two attached hydrogens (primary N) is 3. The second-order valence-electron chi connectivity index (χ2n) is 6.47. The first-order valence-corrected chi connectivity index (χ1v) is 9.26. The Morgan fingerprint density at radius 2 is 1.52 bits per heavy atom. The molecule has 4 rings (SSSR count). The Hall–Kier alpha value is -4.33. The lowest BCUT2D eigenvalue weighted by molar-refractivity contribution is 0.418. The number of rotatable bonds is 3. The van der Waals surface area contributed by atoms with E-state index in [-0.39, 0.29) is 23.2 Å². The fourth-order valence-electron chi connectivity index (χ4n) is 2.95. The number of phenolic OH excluding ortho intramolecular Hbond substituents is 1. The topological polar surface area (TPSA) is 133 Å². The third-order valence-corrected chi connectivity index (χ3v) is 4.35. The molecule has 0 radical (unpaired) electrons. The van der Waals surface area contributed by atoms with Gasteiger partial charge in [-0.15, -0.1) is 0 Å². The molecule has 4 aromatic rings. The van der Waals surface area contributed by atoms with Gasteiger partial charge in [0.25, 0.3) is 0 Å². The van der Waals surface area contributed by atoms with Crippen LogP contribution in [-0.4, -0.2) is 22.2 Å². The summed E-state index contributed by atoms with van der Waals surface area (Å²) >= 11 is 0. The summed E-state index contributed by atoms with van der Waals surface area (Å²) < 4.78 is 18.9. The highest BCUT2D eigenvalue weighted by Crippen LogP contribution is 2.34. The lowest BCUT2D eigenvalue weighted by atomic mass is 10.0. The van der Waals surface area contributed by atoms with Gasteiger partial charge in [-0.1, -0.05) is 54.6 Å². The van der Waals surface area contributed by atoms with Gasteiger partial charge in [0.1, 0.15) is 17.2 Å². The molecule has 31 heavy (non-hydrogen) atoms. The molecule has 8 heteroatoms. The molecule has 0 saturated carbocycles. The maximum atomic E-state index is 13.6. The quantitative estimate of drug-likeness (QED) is 0.367. The number of halogens is 1. The van der Waals surface area contributed by atoms with Crippen LogP contribution in [0.1, 0.15) is 0 Å². The molecule has 7 N–H and O–H groups in total. The molecule has 1 heterocycles. The summed E-state index contributed by atoms with van der Waals surface area (Å²) in [5.41, 5.74) is 19.7. The summed E-state index contributed by atoms with van der Waals surface area (Å²) in [4.78, 5) is 7.23. The van der Waals surface area contributed by atoms with E-state index in [4.69, 9.17) is 21.9 Å². The van der Waals surface area contributed by atoms with Gasteiger partial charge in [0.15, 0.2) is 11.6 Å². The van der Waals surface area contributed by atoms with Crippen molar-refractivity contribution in [3.63, 3.8) is 0 Å². The normalized spacial score (nSPS) is 10.1. The molecule has 158 valence electrons. The number of ether oxygens (including phenoxy) is 1. The molecular weight excluding hydrogens is 397 g/mol. The number of hydrogen-bond acceptors (Lipinski definition) is 7. The van der Waals surface area contributed by atoms with Crippen LogP contribution < -0.4 is 21.9 Å². The van der Waals surface area contributed by atoms with E-state index in [0.29, 0.717) is 11.3 Å². The lowest BCUT2D eigenvalue weighted by Crippen LogP contribution is -2.04. The number of hydrogen-bond donors (Lipinski definition) is 4. The zero-order valence-corrected chi connectivity index (χ0v) is 16.8. The van der Waals surface area contributed by atoms with Crippen molar-refractivity contribution in [3.8, 4) is 33.9 Å². The van der Waals surface area contributed by atoms with Crippen LogP contribution in [0.2, 0.25) is 0 Å². The Bertz CT molecular complexity index is 1190. The molecular formula is C23H22FN5O2. The highest BCUT2D eigenvalue weighted by atomic mass is 19.1. The van der Waals surface area contributed by atoms with Crippen LogP contribution in [0.15, 0.2) is 72.8 Å². The summed E-state index contributed by atoms with van der Waals surface area (Å²) in [7, 11) is 1.64. The monoisotopic (exact) mass is 419 g/mol. The van der Waals surface area contributed by atoms with E-state index >= 15 is 0 Å². The predicted octanol–water partition coefficient (Wildman–Crippen LogP) is 4.10. The smallest absolute Gasteiger partial charge is 0.222 e. The van der Waals surface area contributed by atoms with Crippen molar-refractivity contribution in [1.29, 1.82) is 0 Å². The van der Waals surface area contributed by atoms with E-state index in [1.165, 1.54) is 12.1 Å². The van der Waals surface area contributed by atoms with Gasteiger partial charge in [-0.25, -0.2) is 9.37 Å². The molecule has 0 spiro atoms. The Balaban J connectivity index is 0.000000176. The predicted molar refractivity (Wildman–Crippen MR) is 121 cm³/mol. The van der Waals surface area contributed by atoms with Gasteiger partial charge in [-0.3, -0.25) is 0 Å². The Morgan fingerprint density at radius 3 is 2.19 bits per heavy atom. The van der Waals surface area contributed by atoms with E-state index in [2.05, 4.69) is 9.97 Å². The number of nitrogen functional groups attached to an aromatic ring is 3. The average molecular weight is 419 g/mol. The number of benzene rings is 3. The van der Waals surface area contributed by atoms with E-state index in [1.807, 2.05) is 48.5 Å². The fourth-order valence-corrected chi connectivity index (χ4v) is 2.95. The van der Waals surface area contributed by atoms with Crippen molar-refractivity contribution in [3.05, 3.63) is 78.6 Å². The van der Waals surface area contributed by atoms with E-state index < -0.39 is 5.82 Å². The summed E-state index contributed by atoms with van der Waals surface area (Å²) in [6, 6.07) is 21.8. The van der Waals surface area contributed by atoms with Gasteiger partial charge < -0.3 is 27.0 Å². The number of anilines is 3. The highest BCUT2D eigenvalue weighted by molar-refractivity contribution is 5.77. The van der Waals surface area contributed by atoms with E-state index in [0.717, 1.165) is 16.9 Å². The number of methoxy groups -OCH3 is 1. The van der Waals surface area contributed by atoms with E-state index in [9.17, 15) is 9.50 Å². The number of para-hydroxylation sites is 1. The summed E-state index contributed by atoms with van der Waals surface area (Å²) in [6.45, 7) is 0. The number of aromatic nitrogens is 2. The molecule has 3 aromatic carbocycles. The second-order valence-corrected chi connectivity index (χ2v) is 6.47. The van der Waals surface area contributed by atoms with Crippen LogP contribution in [0.4, 0.5) is 21.8 Å². The number of phenols is 1.